The summed E-state index contributed by atoms with van der Waals surface area (Å²) in [5.74, 6) is -1.99. The lowest BCUT2D eigenvalue weighted by Crippen LogP contribution is -2.25. The Labute approximate surface area is 130 Å². The van der Waals surface area contributed by atoms with Gasteiger partial charge in [-0.2, -0.15) is 0 Å². The fraction of sp³-hybridized carbons (Fsp3) is 0.412. The number of ether oxygens (including phenoxy) is 2. The molecule has 1 amide bonds. The van der Waals surface area contributed by atoms with Crippen molar-refractivity contribution in [1.82, 2.24) is 4.90 Å². The minimum atomic E-state index is -1.02. The van der Waals surface area contributed by atoms with Crippen LogP contribution in [0.3, 0.4) is 0 Å². The maximum absolute atomic E-state index is 12.2. The second-order valence-electron chi connectivity index (χ2n) is 6.01. The van der Waals surface area contributed by atoms with Crippen LogP contribution in [0.2, 0.25) is 0 Å². The van der Waals surface area contributed by atoms with E-state index < -0.39 is 11.8 Å². The van der Waals surface area contributed by atoms with E-state index in [0.29, 0.717) is 6.54 Å². The van der Waals surface area contributed by atoms with Crippen molar-refractivity contribution in [3.05, 3.63) is 46.7 Å². The summed E-state index contributed by atoms with van der Waals surface area (Å²) in [4.78, 5) is 25.3. The largest absolute Gasteiger partial charge is 0.445 e. The molecule has 1 aromatic rings. The third-order valence-electron chi connectivity index (χ3n) is 3.52. The van der Waals surface area contributed by atoms with Crippen molar-refractivity contribution in [1.29, 1.82) is 0 Å². The van der Waals surface area contributed by atoms with Gasteiger partial charge in [-0.1, -0.05) is 18.2 Å². The highest BCUT2D eigenvalue weighted by molar-refractivity contribution is 5.97. The minimum absolute atomic E-state index is 0.0538. The molecule has 0 aliphatic carbocycles. The van der Waals surface area contributed by atoms with Gasteiger partial charge in [0.05, 0.1) is 6.08 Å². The summed E-state index contributed by atoms with van der Waals surface area (Å²) in [6.07, 6.45) is 1.18. The number of aryl methyl sites for hydroxylation is 2. The summed E-state index contributed by atoms with van der Waals surface area (Å²) < 4.78 is 10.3. The molecule has 118 valence electrons. The number of hydrogen-bond donors (Lipinski definition) is 0. The first-order valence-electron chi connectivity index (χ1n) is 7.13. The number of carbonyl (C=O) groups excluding carboxylic acids is 2. The Kier molecular flexibility index (Phi) is 4.26. The van der Waals surface area contributed by atoms with E-state index in [0.717, 1.165) is 5.56 Å². The predicted molar refractivity (Wildman–Crippen MR) is 81.7 cm³/mol. The molecule has 1 fully saturated rings. The molecule has 1 aliphatic heterocycles. The standard InChI is InChI=1S/C17H21NO4/c1-11-6-7-13(8-12(11)2)10-18(5)15(19)9-14-16(20)22-17(3,4)21-14/h6-9H,10H2,1-5H3. The molecule has 5 nitrogen and oxygen atoms in total. The lowest BCUT2D eigenvalue weighted by atomic mass is 10.1. The van der Waals surface area contributed by atoms with E-state index in [1.54, 1.807) is 20.9 Å². The Morgan fingerprint density at radius 1 is 1.23 bits per heavy atom. The first kappa shape index (κ1) is 16.1. The Hall–Kier alpha value is -2.30. The van der Waals surface area contributed by atoms with Crippen LogP contribution in [0.25, 0.3) is 0 Å². The number of esters is 1. The highest BCUT2D eigenvalue weighted by Gasteiger charge is 2.37. The highest BCUT2D eigenvalue weighted by atomic mass is 16.8. The molecular weight excluding hydrogens is 282 g/mol. The first-order chi connectivity index (χ1) is 10.2. The molecule has 0 atom stereocenters. The van der Waals surface area contributed by atoms with Crippen molar-refractivity contribution in [2.75, 3.05) is 7.05 Å². The van der Waals surface area contributed by atoms with Crippen molar-refractivity contribution >= 4 is 11.9 Å². The van der Waals surface area contributed by atoms with Crippen LogP contribution in [0.1, 0.15) is 30.5 Å². The minimum Gasteiger partial charge on any atom is -0.445 e. The lowest BCUT2D eigenvalue weighted by Gasteiger charge is -2.16. The molecule has 0 aromatic heterocycles. The van der Waals surface area contributed by atoms with Gasteiger partial charge in [-0.3, -0.25) is 4.79 Å². The van der Waals surface area contributed by atoms with Gasteiger partial charge in [0, 0.05) is 27.4 Å². The number of carbonyl (C=O) groups is 2. The molecular formula is C17H21NO4. The smallest absolute Gasteiger partial charge is 0.377 e. The van der Waals surface area contributed by atoms with Gasteiger partial charge in [0.2, 0.25) is 11.5 Å². The summed E-state index contributed by atoms with van der Waals surface area (Å²) in [5.41, 5.74) is 3.43. The van der Waals surface area contributed by atoms with Gasteiger partial charge in [-0.15, -0.1) is 0 Å². The molecule has 1 aliphatic rings. The van der Waals surface area contributed by atoms with E-state index in [4.69, 9.17) is 9.47 Å². The van der Waals surface area contributed by atoms with Crippen molar-refractivity contribution in [2.24, 2.45) is 0 Å². The maximum Gasteiger partial charge on any atom is 0.377 e. The highest BCUT2D eigenvalue weighted by Crippen LogP contribution is 2.26. The molecule has 2 rings (SSSR count). The second kappa shape index (κ2) is 5.83. The average molecular weight is 303 g/mol. The van der Waals surface area contributed by atoms with Crippen LogP contribution >= 0.6 is 0 Å². The zero-order valence-electron chi connectivity index (χ0n) is 13.6. The van der Waals surface area contributed by atoms with Crippen LogP contribution in [-0.2, 0) is 25.6 Å². The number of cyclic esters (lactones) is 1. The molecule has 0 N–H and O–H groups in total. The van der Waals surface area contributed by atoms with Crippen LogP contribution < -0.4 is 0 Å². The van der Waals surface area contributed by atoms with E-state index in [1.165, 1.54) is 22.1 Å². The van der Waals surface area contributed by atoms with Crippen molar-refractivity contribution < 1.29 is 19.1 Å². The van der Waals surface area contributed by atoms with Gasteiger partial charge in [-0.25, -0.2) is 4.79 Å². The third-order valence-corrected chi connectivity index (χ3v) is 3.52. The number of benzene rings is 1. The molecule has 1 saturated heterocycles. The fourth-order valence-electron chi connectivity index (χ4n) is 2.17. The zero-order chi connectivity index (χ0) is 16.5. The Bertz CT molecular complexity index is 646. The summed E-state index contributed by atoms with van der Waals surface area (Å²) in [6.45, 7) is 7.78. The topological polar surface area (TPSA) is 55.8 Å². The normalized spacial score (nSPS) is 18.0. The molecule has 0 bridgehead atoms. The van der Waals surface area contributed by atoms with Gasteiger partial charge in [0.1, 0.15) is 0 Å². The van der Waals surface area contributed by atoms with E-state index in [2.05, 4.69) is 6.07 Å². The van der Waals surface area contributed by atoms with Gasteiger partial charge in [0.25, 0.3) is 5.91 Å². The summed E-state index contributed by atoms with van der Waals surface area (Å²) in [6, 6.07) is 6.07. The molecule has 0 radical (unpaired) electrons. The SMILES string of the molecule is Cc1ccc(CN(C)C(=O)C=C2OC(C)(C)OC2=O)cc1C. The van der Waals surface area contributed by atoms with Crippen LogP contribution in [0.15, 0.2) is 30.0 Å². The van der Waals surface area contributed by atoms with Crippen molar-refractivity contribution in [3.8, 4) is 0 Å². The lowest BCUT2D eigenvalue weighted by molar-refractivity contribution is -0.159. The zero-order valence-corrected chi connectivity index (χ0v) is 13.6. The molecule has 0 saturated carbocycles. The number of hydrogen-bond acceptors (Lipinski definition) is 4. The summed E-state index contributed by atoms with van der Waals surface area (Å²) >= 11 is 0. The number of rotatable bonds is 3. The van der Waals surface area contributed by atoms with Gasteiger partial charge in [0.15, 0.2) is 0 Å². The fourth-order valence-corrected chi connectivity index (χ4v) is 2.17. The number of amides is 1. The maximum atomic E-state index is 12.2. The molecule has 5 heteroatoms. The van der Waals surface area contributed by atoms with Crippen molar-refractivity contribution in [2.45, 2.75) is 40.0 Å². The van der Waals surface area contributed by atoms with E-state index in [9.17, 15) is 9.59 Å². The van der Waals surface area contributed by atoms with Gasteiger partial charge >= 0.3 is 5.97 Å². The van der Waals surface area contributed by atoms with Crippen LogP contribution in [0, 0.1) is 13.8 Å². The van der Waals surface area contributed by atoms with Crippen LogP contribution in [0.5, 0.6) is 0 Å². The number of likely N-dealkylation sites (N-methyl/N-ethyl adjacent to an activating group) is 1. The number of nitrogens with zero attached hydrogens (tertiary/aromatic N) is 1. The molecule has 0 unspecified atom stereocenters. The van der Waals surface area contributed by atoms with Crippen LogP contribution in [0.4, 0.5) is 0 Å². The van der Waals surface area contributed by atoms with Crippen molar-refractivity contribution in [3.63, 3.8) is 0 Å². The molecule has 0 spiro atoms. The first-order valence-corrected chi connectivity index (χ1v) is 7.13. The quantitative estimate of drug-likeness (QED) is 0.636. The average Bonchev–Trinajstić information content (AvgIpc) is 2.66. The predicted octanol–water partition coefficient (Wildman–Crippen LogP) is 2.46. The molecule has 22 heavy (non-hydrogen) atoms. The Morgan fingerprint density at radius 3 is 2.45 bits per heavy atom. The van der Waals surface area contributed by atoms with E-state index in [1.807, 2.05) is 26.0 Å². The van der Waals surface area contributed by atoms with Gasteiger partial charge in [-0.05, 0) is 30.5 Å². The summed E-state index contributed by atoms with van der Waals surface area (Å²) in [7, 11) is 1.68. The summed E-state index contributed by atoms with van der Waals surface area (Å²) in [5, 5.41) is 0. The Morgan fingerprint density at radius 2 is 1.91 bits per heavy atom. The van der Waals surface area contributed by atoms with Gasteiger partial charge < -0.3 is 14.4 Å². The third kappa shape index (κ3) is 3.67. The monoisotopic (exact) mass is 303 g/mol. The van der Waals surface area contributed by atoms with E-state index >= 15 is 0 Å². The van der Waals surface area contributed by atoms with E-state index in [-0.39, 0.29) is 11.7 Å². The second-order valence-corrected chi connectivity index (χ2v) is 6.01. The van der Waals surface area contributed by atoms with Crippen LogP contribution in [-0.4, -0.2) is 29.6 Å². The Balaban J connectivity index is 2.06. The molecule has 1 aromatic carbocycles. The molecule has 1 heterocycles.